The highest BCUT2D eigenvalue weighted by molar-refractivity contribution is 7.92. The Morgan fingerprint density at radius 1 is 1.00 bits per heavy atom. The summed E-state index contributed by atoms with van der Waals surface area (Å²) in [7, 11) is -3.74. The average Bonchev–Trinajstić information content (AvgIpc) is 2.74. The molecule has 3 N–H and O–H groups in total. The largest absolute Gasteiger partial charge is 0.457 e. The van der Waals surface area contributed by atoms with Gasteiger partial charge in [-0.15, -0.1) is 0 Å². The quantitative estimate of drug-likeness (QED) is 0.511. The minimum absolute atomic E-state index is 0.246. The zero-order valence-corrected chi connectivity index (χ0v) is 18.5. The van der Waals surface area contributed by atoms with E-state index in [-0.39, 0.29) is 6.54 Å². The molecule has 0 aliphatic rings. The van der Waals surface area contributed by atoms with Crippen LogP contribution in [-0.4, -0.2) is 33.2 Å². The lowest BCUT2D eigenvalue weighted by Crippen LogP contribution is -2.47. The Bertz CT molecular complexity index is 1170. The van der Waals surface area contributed by atoms with E-state index in [4.69, 9.17) is 10.5 Å². The van der Waals surface area contributed by atoms with Crippen LogP contribution in [0.5, 0.6) is 11.5 Å². The van der Waals surface area contributed by atoms with Gasteiger partial charge in [0.1, 0.15) is 23.4 Å². The fraction of sp³-hybridized carbons (Fsp3) is 0.174. The number of hydrogen-bond acceptors (Lipinski definition) is 5. The predicted molar refractivity (Wildman–Crippen MR) is 123 cm³/mol. The van der Waals surface area contributed by atoms with Crippen molar-refractivity contribution in [3.05, 3.63) is 84.2 Å². The molecule has 32 heavy (non-hydrogen) atoms. The molecule has 0 unspecified atom stereocenters. The molecule has 3 aromatic rings. The van der Waals surface area contributed by atoms with Gasteiger partial charge in [-0.25, -0.2) is 12.8 Å². The summed E-state index contributed by atoms with van der Waals surface area (Å²) in [5.41, 5.74) is 7.37. The summed E-state index contributed by atoms with van der Waals surface area (Å²) < 4.78 is 44.9. The Morgan fingerprint density at radius 2 is 1.53 bits per heavy atom. The summed E-state index contributed by atoms with van der Waals surface area (Å²) in [6.45, 7) is 1.73. The van der Waals surface area contributed by atoms with Crippen LogP contribution in [0.1, 0.15) is 5.56 Å². The molecule has 1 amide bonds. The average molecular weight is 458 g/mol. The molecule has 0 aliphatic carbocycles. The third kappa shape index (κ3) is 6.21. The van der Waals surface area contributed by atoms with E-state index in [1.54, 1.807) is 24.3 Å². The lowest BCUT2D eigenvalue weighted by atomic mass is 10.2. The van der Waals surface area contributed by atoms with E-state index < -0.39 is 27.8 Å². The monoisotopic (exact) mass is 457 g/mol. The number of anilines is 2. The second kappa shape index (κ2) is 9.69. The number of amides is 1. The number of sulfonamides is 1. The van der Waals surface area contributed by atoms with Gasteiger partial charge < -0.3 is 15.8 Å². The first-order valence-electron chi connectivity index (χ1n) is 9.75. The first kappa shape index (κ1) is 23.1. The number of carbonyl (C=O) groups is 1. The van der Waals surface area contributed by atoms with Gasteiger partial charge in [-0.1, -0.05) is 17.7 Å². The van der Waals surface area contributed by atoms with E-state index in [2.05, 4.69) is 5.32 Å². The number of nitrogens with two attached hydrogens (primary N) is 1. The van der Waals surface area contributed by atoms with Crippen molar-refractivity contribution in [1.82, 2.24) is 0 Å². The molecule has 0 aromatic heterocycles. The number of aryl methyl sites for hydroxylation is 1. The number of hydrogen-bond donors (Lipinski definition) is 2. The minimum Gasteiger partial charge on any atom is -0.457 e. The maximum atomic E-state index is 13.1. The lowest BCUT2D eigenvalue weighted by molar-refractivity contribution is -0.118. The van der Waals surface area contributed by atoms with Gasteiger partial charge in [0.2, 0.25) is 15.9 Å². The maximum Gasteiger partial charge on any atom is 0.241 e. The van der Waals surface area contributed by atoms with Gasteiger partial charge in [0, 0.05) is 5.69 Å². The molecule has 9 heteroatoms. The van der Waals surface area contributed by atoms with Crippen molar-refractivity contribution >= 4 is 27.3 Å². The predicted octanol–water partition coefficient (Wildman–Crippen LogP) is 3.66. The molecule has 0 heterocycles. The van der Waals surface area contributed by atoms with E-state index in [1.807, 2.05) is 31.2 Å². The molecule has 0 bridgehead atoms. The van der Waals surface area contributed by atoms with Crippen LogP contribution in [-0.2, 0) is 14.8 Å². The van der Waals surface area contributed by atoms with E-state index >= 15 is 0 Å². The van der Waals surface area contributed by atoms with Crippen molar-refractivity contribution in [1.29, 1.82) is 0 Å². The standard InChI is InChI=1S/C23H24FN3O4S/c1-16-3-11-20(12-4-16)31-21-13-9-19(10-14-21)27(32(2,29)30)15-22(23(25)28)26-18-7-5-17(24)6-8-18/h3-14,22,26H,15H2,1-2H3,(H2,25,28)/t22-/m0/s1. The third-order valence-electron chi connectivity index (χ3n) is 4.66. The number of carbonyl (C=O) groups excluding carboxylic acids is 1. The molecule has 0 aliphatic heterocycles. The highest BCUT2D eigenvalue weighted by Crippen LogP contribution is 2.26. The third-order valence-corrected chi connectivity index (χ3v) is 5.82. The van der Waals surface area contributed by atoms with Crippen LogP contribution in [0.15, 0.2) is 72.8 Å². The summed E-state index contributed by atoms with van der Waals surface area (Å²) in [6.07, 6.45) is 1.04. The van der Waals surface area contributed by atoms with E-state index in [0.29, 0.717) is 22.9 Å². The number of ether oxygens (including phenoxy) is 1. The Morgan fingerprint density at radius 3 is 2.03 bits per heavy atom. The Kier molecular flexibility index (Phi) is 6.99. The molecule has 3 aromatic carbocycles. The first-order chi connectivity index (χ1) is 15.1. The SMILES string of the molecule is Cc1ccc(Oc2ccc(N(C[C@H](Nc3ccc(F)cc3)C(N)=O)S(C)(=O)=O)cc2)cc1. The lowest BCUT2D eigenvalue weighted by Gasteiger charge is -2.27. The second-order valence-corrected chi connectivity index (χ2v) is 9.22. The summed E-state index contributed by atoms with van der Waals surface area (Å²) in [5, 5.41) is 2.85. The Balaban J connectivity index is 1.79. The molecule has 0 saturated carbocycles. The van der Waals surface area contributed by atoms with Crippen LogP contribution in [0.25, 0.3) is 0 Å². The van der Waals surface area contributed by atoms with Crippen molar-refractivity contribution in [2.75, 3.05) is 22.4 Å². The Labute approximate surface area is 186 Å². The van der Waals surface area contributed by atoms with Crippen LogP contribution < -0.4 is 20.1 Å². The van der Waals surface area contributed by atoms with E-state index in [1.165, 1.54) is 24.3 Å². The fourth-order valence-corrected chi connectivity index (χ4v) is 3.90. The van der Waals surface area contributed by atoms with Crippen LogP contribution in [0, 0.1) is 12.7 Å². The summed E-state index contributed by atoms with van der Waals surface area (Å²) >= 11 is 0. The zero-order valence-electron chi connectivity index (χ0n) is 17.7. The molecular formula is C23H24FN3O4S. The number of nitrogens with zero attached hydrogens (tertiary/aromatic N) is 1. The molecule has 0 fully saturated rings. The van der Waals surface area contributed by atoms with E-state index in [0.717, 1.165) is 16.1 Å². The van der Waals surface area contributed by atoms with Crippen LogP contribution in [0.2, 0.25) is 0 Å². The van der Waals surface area contributed by atoms with Gasteiger partial charge in [-0.2, -0.15) is 0 Å². The van der Waals surface area contributed by atoms with Gasteiger partial charge in [-0.05, 0) is 67.6 Å². The number of rotatable bonds is 9. The van der Waals surface area contributed by atoms with Crippen molar-refractivity contribution < 1.29 is 22.3 Å². The molecule has 1 atom stereocenters. The molecule has 3 rings (SSSR count). The first-order valence-corrected chi connectivity index (χ1v) is 11.6. The minimum atomic E-state index is -3.74. The van der Waals surface area contributed by atoms with Crippen LogP contribution in [0.4, 0.5) is 15.8 Å². The van der Waals surface area contributed by atoms with Crippen LogP contribution in [0.3, 0.4) is 0 Å². The topological polar surface area (TPSA) is 102 Å². The summed E-state index contributed by atoms with van der Waals surface area (Å²) in [4.78, 5) is 12.0. The number of benzene rings is 3. The molecule has 0 saturated heterocycles. The van der Waals surface area contributed by atoms with Gasteiger partial charge >= 0.3 is 0 Å². The number of halogens is 1. The molecular weight excluding hydrogens is 433 g/mol. The highest BCUT2D eigenvalue weighted by atomic mass is 32.2. The summed E-state index contributed by atoms with van der Waals surface area (Å²) in [5.74, 6) is 0.00161. The van der Waals surface area contributed by atoms with Crippen molar-refractivity contribution in [3.8, 4) is 11.5 Å². The van der Waals surface area contributed by atoms with Crippen LogP contribution >= 0.6 is 0 Å². The zero-order chi connectivity index (χ0) is 23.3. The number of primary amides is 1. The van der Waals surface area contributed by atoms with Crippen molar-refractivity contribution in [2.24, 2.45) is 5.73 Å². The molecule has 7 nitrogen and oxygen atoms in total. The molecule has 0 spiro atoms. The van der Waals surface area contributed by atoms with Gasteiger partial charge in [0.05, 0.1) is 18.5 Å². The van der Waals surface area contributed by atoms with Gasteiger partial charge in [-0.3, -0.25) is 9.10 Å². The fourth-order valence-electron chi connectivity index (χ4n) is 2.97. The smallest absolute Gasteiger partial charge is 0.241 e. The van der Waals surface area contributed by atoms with Crippen molar-refractivity contribution in [3.63, 3.8) is 0 Å². The Hall–Kier alpha value is -3.59. The van der Waals surface area contributed by atoms with E-state index in [9.17, 15) is 17.6 Å². The second-order valence-electron chi connectivity index (χ2n) is 7.31. The molecule has 168 valence electrons. The van der Waals surface area contributed by atoms with Crippen molar-refractivity contribution in [2.45, 2.75) is 13.0 Å². The van der Waals surface area contributed by atoms with Gasteiger partial charge in [0.25, 0.3) is 0 Å². The van der Waals surface area contributed by atoms with Gasteiger partial charge in [0.15, 0.2) is 0 Å². The highest BCUT2D eigenvalue weighted by Gasteiger charge is 2.25. The summed E-state index contributed by atoms with van der Waals surface area (Å²) in [6, 6.07) is 18.2. The maximum absolute atomic E-state index is 13.1. The molecule has 0 radical (unpaired) electrons. The normalized spacial score (nSPS) is 12.1. The number of nitrogens with one attached hydrogen (secondary N) is 1.